The monoisotopic (exact) mass is 237 g/mol. The number of hydrogen-bond donors (Lipinski definition) is 1. The molecular formula is C14H23NS. The van der Waals surface area contributed by atoms with Gasteiger partial charge in [-0.15, -0.1) is 11.3 Å². The Morgan fingerprint density at radius 1 is 1.50 bits per heavy atom. The zero-order chi connectivity index (χ0) is 11.9. The predicted octanol–water partition coefficient (Wildman–Crippen LogP) is 4.06. The minimum atomic E-state index is 0.501. The van der Waals surface area contributed by atoms with Gasteiger partial charge in [0.15, 0.2) is 0 Å². The van der Waals surface area contributed by atoms with Crippen molar-refractivity contribution in [2.24, 2.45) is 11.3 Å². The highest BCUT2D eigenvalue weighted by Gasteiger charge is 2.44. The van der Waals surface area contributed by atoms with Crippen LogP contribution in [0.15, 0.2) is 6.07 Å². The van der Waals surface area contributed by atoms with Crippen LogP contribution in [-0.4, -0.2) is 6.54 Å². The minimum absolute atomic E-state index is 0.501. The van der Waals surface area contributed by atoms with Crippen molar-refractivity contribution in [2.75, 3.05) is 6.54 Å². The van der Waals surface area contributed by atoms with E-state index in [-0.39, 0.29) is 0 Å². The predicted molar refractivity (Wildman–Crippen MR) is 72.1 cm³/mol. The molecule has 1 aromatic heterocycles. The van der Waals surface area contributed by atoms with E-state index in [4.69, 9.17) is 0 Å². The third-order valence-electron chi connectivity index (χ3n) is 3.93. The fourth-order valence-corrected chi connectivity index (χ4v) is 3.46. The molecule has 0 aromatic carbocycles. The van der Waals surface area contributed by atoms with Gasteiger partial charge in [0.1, 0.15) is 0 Å². The number of thiophene rings is 1. The molecule has 2 atom stereocenters. The van der Waals surface area contributed by atoms with E-state index < -0.39 is 0 Å². The standard InChI is InChI=1S/C14H23NS/c1-9-6-13(11(3)16-9)10(2)15-8-12-7-14(12,4)5/h6,10,12,15H,7-8H2,1-5H3. The molecule has 1 saturated carbocycles. The molecule has 1 heterocycles. The Morgan fingerprint density at radius 2 is 2.12 bits per heavy atom. The lowest BCUT2D eigenvalue weighted by Gasteiger charge is -2.14. The zero-order valence-electron chi connectivity index (χ0n) is 11.1. The molecule has 0 radical (unpaired) electrons. The average Bonchev–Trinajstić information content (AvgIpc) is 2.63. The zero-order valence-corrected chi connectivity index (χ0v) is 11.9. The van der Waals surface area contributed by atoms with Gasteiger partial charge in [-0.3, -0.25) is 0 Å². The van der Waals surface area contributed by atoms with Crippen LogP contribution in [0.4, 0.5) is 0 Å². The lowest BCUT2D eigenvalue weighted by molar-refractivity contribution is 0.485. The van der Waals surface area contributed by atoms with Crippen LogP contribution in [0.5, 0.6) is 0 Å². The number of aryl methyl sites for hydroxylation is 2. The van der Waals surface area contributed by atoms with E-state index in [2.05, 4.69) is 46.0 Å². The van der Waals surface area contributed by atoms with E-state index in [1.54, 1.807) is 0 Å². The Kier molecular flexibility index (Phi) is 3.15. The van der Waals surface area contributed by atoms with Crippen molar-refractivity contribution in [3.8, 4) is 0 Å². The second kappa shape index (κ2) is 4.15. The fourth-order valence-electron chi connectivity index (χ4n) is 2.43. The third kappa shape index (κ3) is 2.49. The second-order valence-corrected chi connectivity index (χ2v) is 7.35. The van der Waals surface area contributed by atoms with E-state index in [0.29, 0.717) is 11.5 Å². The first kappa shape index (κ1) is 12.1. The summed E-state index contributed by atoms with van der Waals surface area (Å²) in [6.45, 7) is 12.6. The van der Waals surface area contributed by atoms with Crippen LogP contribution in [0, 0.1) is 25.2 Å². The lowest BCUT2D eigenvalue weighted by atomic mass is 10.1. The maximum Gasteiger partial charge on any atom is 0.0302 e. The summed E-state index contributed by atoms with van der Waals surface area (Å²) in [7, 11) is 0. The molecule has 2 unspecified atom stereocenters. The molecule has 1 aromatic rings. The van der Waals surface area contributed by atoms with Crippen molar-refractivity contribution in [3.05, 3.63) is 21.4 Å². The quantitative estimate of drug-likeness (QED) is 0.832. The van der Waals surface area contributed by atoms with Crippen LogP contribution in [0.2, 0.25) is 0 Å². The summed E-state index contributed by atoms with van der Waals surface area (Å²) in [5.74, 6) is 0.884. The van der Waals surface area contributed by atoms with E-state index in [1.807, 2.05) is 11.3 Å². The van der Waals surface area contributed by atoms with Crippen LogP contribution < -0.4 is 5.32 Å². The lowest BCUT2D eigenvalue weighted by Crippen LogP contribution is -2.22. The van der Waals surface area contributed by atoms with Crippen molar-refractivity contribution >= 4 is 11.3 Å². The summed E-state index contributed by atoms with van der Waals surface area (Å²) in [5, 5.41) is 3.68. The van der Waals surface area contributed by atoms with Crippen LogP contribution in [0.1, 0.15) is 48.6 Å². The number of rotatable bonds is 4. The van der Waals surface area contributed by atoms with Crippen LogP contribution in [-0.2, 0) is 0 Å². The first-order valence-corrected chi connectivity index (χ1v) is 7.02. The van der Waals surface area contributed by atoms with Gasteiger partial charge in [-0.2, -0.15) is 0 Å². The van der Waals surface area contributed by atoms with E-state index in [9.17, 15) is 0 Å². The molecule has 0 amide bonds. The topological polar surface area (TPSA) is 12.0 Å². The molecule has 0 aliphatic heterocycles. The van der Waals surface area contributed by atoms with Crippen molar-refractivity contribution in [2.45, 2.75) is 47.1 Å². The maximum atomic E-state index is 3.68. The van der Waals surface area contributed by atoms with Gasteiger partial charge >= 0.3 is 0 Å². The van der Waals surface area contributed by atoms with Gasteiger partial charge in [-0.25, -0.2) is 0 Å². The summed E-state index contributed by atoms with van der Waals surface area (Å²) in [4.78, 5) is 2.89. The Morgan fingerprint density at radius 3 is 2.56 bits per heavy atom. The van der Waals surface area contributed by atoms with E-state index in [0.717, 1.165) is 5.92 Å². The van der Waals surface area contributed by atoms with Gasteiger partial charge in [0.25, 0.3) is 0 Å². The molecule has 1 fully saturated rings. The Hall–Kier alpha value is -0.340. The average molecular weight is 237 g/mol. The van der Waals surface area contributed by atoms with Crippen LogP contribution in [0.25, 0.3) is 0 Å². The largest absolute Gasteiger partial charge is 0.310 e. The van der Waals surface area contributed by atoms with Crippen LogP contribution in [0.3, 0.4) is 0 Å². The molecule has 90 valence electrons. The molecule has 1 aliphatic rings. The first-order valence-electron chi connectivity index (χ1n) is 6.20. The van der Waals surface area contributed by atoms with Crippen molar-refractivity contribution < 1.29 is 0 Å². The summed E-state index contributed by atoms with van der Waals surface area (Å²) in [6.07, 6.45) is 1.38. The smallest absolute Gasteiger partial charge is 0.0302 e. The highest BCUT2D eigenvalue weighted by Crippen LogP contribution is 2.51. The summed E-state index contributed by atoms with van der Waals surface area (Å²) < 4.78 is 0. The molecule has 2 rings (SSSR count). The SMILES string of the molecule is Cc1cc(C(C)NCC2CC2(C)C)c(C)s1. The van der Waals surface area contributed by atoms with Crippen molar-refractivity contribution in [1.29, 1.82) is 0 Å². The van der Waals surface area contributed by atoms with Gasteiger partial charge < -0.3 is 5.32 Å². The summed E-state index contributed by atoms with van der Waals surface area (Å²) in [6, 6.07) is 2.83. The highest BCUT2D eigenvalue weighted by atomic mass is 32.1. The normalized spacial score (nSPS) is 24.4. The Bertz CT molecular complexity index is 378. The molecule has 0 saturated heterocycles. The summed E-state index contributed by atoms with van der Waals surface area (Å²) >= 11 is 1.91. The van der Waals surface area contributed by atoms with Gasteiger partial charge in [0.2, 0.25) is 0 Å². The molecule has 1 aliphatic carbocycles. The van der Waals surface area contributed by atoms with Crippen molar-refractivity contribution in [3.63, 3.8) is 0 Å². The van der Waals surface area contributed by atoms with E-state index in [1.165, 1.54) is 28.3 Å². The first-order chi connectivity index (χ1) is 7.40. The number of nitrogens with one attached hydrogen (secondary N) is 1. The molecule has 1 nitrogen and oxygen atoms in total. The van der Waals surface area contributed by atoms with Crippen molar-refractivity contribution in [1.82, 2.24) is 5.32 Å². The third-order valence-corrected chi connectivity index (χ3v) is 4.92. The van der Waals surface area contributed by atoms with Gasteiger partial charge in [0, 0.05) is 15.8 Å². The van der Waals surface area contributed by atoms with Gasteiger partial charge in [-0.1, -0.05) is 13.8 Å². The fraction of sp³-hybridized carbons (Fsp3) is 0.714. The molecular weight excluding hydrogens is 214 g/mol. The number of hydrogen-bond acceptors (Lipinski definition) is 2. The molecule has 16 heavy (non-hydrogen) atoms. The summed E-state index contributed by atoms with van der Waals surface area (Å²) in [5.41, 5.74) is 2.08. The molecule has 1 N–H and O–H groups in total. The maximum absolute atomic E-state index is 3.68. The van der Waals surface area contributed by atoms with Gasteiger partial charge in [-0.05, 0) is 56.7 Å². The van der Waals surface area contributed by atoms with Crippen LogP contribution >= 0.6 is 11.3 Å². The molecule has 0 bridgehead atoms. The van der Waals surface area contributed by atoms with Gasteiger partial charge in [0.05, 0.1) is 0 Å². The molecule has 0 spiro atoms. The second-order valence-electron chi connectivity index (χ2n) is 5.89. The minimum Gasteiger partial charge on any atom is -0.310 e. The van der Waals surface area contributed by atoms with E-state index >= 15 is 0 Å². The Balaban J connectivity index is 1.89. The highest BCUT2D eigenvalue weighted by molar-refractivity contribution is 7.12. The molecule has 2 heteroatoms. The Labute approximate surface area is 103 Å².